The highest BCUT2D eigenvalue weighted by Crippen LogP contribution is 2.33. The summed E-state index contributed by atoms with van der Waals surface area (Å²) in [6.07, 6.45) is 0.160. The first kappa shape index (κ1) is 13.9. The topological polar surface area (TPSA) is 58.6 Å². The van der Waals surface area contributed by atoms with Gasteiger partial charge in [0.1, 0.15) is 5.75 Å². The van der Waals surface area contributed by atoms with Crippen LogP contribution in [0.5, 0.6) is 5.75 Å². The number of phenols is 1. The van der Waals surface area contributed by atoms with Gasteiger partial charge in [0, 0.05) is 17.0 Å². The van der Waals surface area contributed by atoms with Crippen LogP contribution in [-0.2, 0) is 4.74 Å². The van der Waals surface area contributed by atoms with E-state index in [4.69, 9.17) is 16.3 Å². The number of alkyl carbamates (subject to hydrolysis) is 1. The zero-order chi connectivity index (χ0) is 11.7. The molecule has 0 aromatic heterocycles. The number of hydrogen-bond donors (Lipinski definition) is 2. The first-order valence-corrected chi connectivity index (χ1v) is 5.38. The number of benzene rings is 1. The van der Waals surface area contributed by atoms with Crippen LogP contribution < -0.4 is 5.32 Å². The third-order valence-electron chi connectivity index (χ3n) is 2.60. The summed E-state index contributed by atoms with van der Waals surface area (Å²) >= 11 is 5.92. The predicted octanol–water partition coefficient (Wildman–Crippen LogP) is 2.95. The molecule has 0 radical (unpaired) electrons. The Morgan fingerprint density at radius 1 is 1.53 bits per heavy atom. The second kappa shape index (κ2) is 5.47. The van der Waals surface area contributed by atoms with Crippen molar-refractivity contribution in [2.75, 3.05) is 6.61 Å². The van der Waals surface area contributed by atoms with Gasteiger partial charge in [-0.1, -0.05) is 11.6 Å². The van der Waals surface area contributed by atoms with Crippen LogP contribution in [0.3, 0.4) is 0 Å². The number of carbonyl (C=O) groups is 1. The minimum absolute atomic E-state index is 0. The molecular weight excluding hydrogens is 265 g/mol. The van der Waals surface area contributed by atoms with E-state index in [0.29, 0.717) is 29.2 Å². The lowest BCUT2D eigenvalue weighted by molar-refractivity contribution is 0.115. The molecule has 0 aliphatic carbocycles. The zero-order valence-electron chi connectivity index (χ0n) is 9.20. The molecule has 4 nitrogen and oxygen atoms in total. The second-order valence-corrected chi connectivity index (χ2v) is 4.22. The van der Waals surface area contributed by atoms with Gasteiger partial charge in [0.2, 0.25) is 0 Å². The summed E-state index contributed by atoms with van der Waals surface area (Å²) in [7, 11) is 0. The average molecular weight is 278 g/mol. The first-order chi connectivity index (χ1) is 7.58. The Kier molecular flexibility index (Phi) is 4.48. The maximum Gasteiger partial charge on any atom is 0.407 e. The van der Waals surface area contributed by atoms with Crippen molar-refractivity contribution in [3.05, 3.63) is 28.3 Å². The summed E-state index contributed by atoms with van der Waals surface area (Å²) in [6.45, 7) is 2.12. The van der Waals surface area contributed by atoms with Gasteiger partial charge in [0.05, 0.1) is 12.6 Å². The Hall–Kier alpha value is -1.13. The molecule has 0 saturated carbocycles. The van der Waals surface area contributed by atoms with Crippen LogP contribution >= 0.6 is 24.0 Å². The lowest BCUT2D eigenvalue weighted by Gasteiger charge is -2.24. The van der Waals surface area contributed by atoms with Crippen molar-refractivity contribution in [1.29, 1.82) is 0 Å². The predicted molar refractivity (Wildman–Crippen MR) is 66.9 cm³/mol. The molecule has 1 saturated heterocycles. The van der Waals surface area contributed by atoms with Gasteiger partial charge < -0.3 is 15.2 Å². The van der Waals surface area contributed by atoms with Crippen molar-refractivity contribution >= 4 is 30.1 Å². The molecule has 6 heteroatoms. The number of rotatable bonds is 1. The minimum atomic E-state index is -0.465. The van der Waals surface area contributed by atoms with Gasteiger partial charge in [0.25, 0.3) is 0 Å². The SMILES string of the molecule is Cc1cc(Cl)cc([C@@H]2CCOC(=O)N2)c1O.Cl. The van der Waals surface area contributed by atoms with Crippen LogP contribution in [0.1, 0.15) is 23.6 Å². The third-order valence-corrected chi connectivity index (χ3v) is 2.82. The van der Waals surface area contributed by atoms with Gasteiger partial charge >= 0.3 is 6.09 Å². The standard InChI is InChI=1S/C11H12ClNO3.ClH/c1-6-4-7(12)5-8(10(6)14)9-2-3-16-11(15)13-9;/h4-5,9,14H,2-3H2,1H3,(H,13,15);1H/t9-;/m0./s1. The van der Waals surface area contributed by atoms with Crippen LogP contribution in [0.25, 0.3) is 0 Å². The molecule has 1 aliphatic heterocycles. The van der Waals surface area contributed by atoms with Crippen molar-refractivity contribution in [1.82, 2.24) is 5.32 Å². The third kappa shape index (κ3) is 2.96. The van der Waals surface area contributed by atoms with Crippen LogP contribution in [0.4, 0.5) is 4.79 Å². The van der Waals surface area contributed by atoms with E-state index in [1.807, 2.05) is 0 Å². The quantitative estimate of drug-likeness (QED) is 0.830. The second-order valence-electron chi connectivity index (χ2n) is 3.78. The fourth-order valence-electron chi connectivity index (χ4n) is 1.79. The number of nitrogens with one attached hydrogen (secondary N) is 1. The van der Waals surface area contributed by atoms with E-state index in [2.05, 4.69) is 5.32 Å². The average Bonchev–Trinajstić information content (AvgIpc) is 2.23. The van der Waals surface area contributed by atoms with E-state index < -0.39 is 6.09 Å². The van der Waals surface area contributed by atoms with Crippen LogP contribution in [-0.4, -0.2) is 17.8 Å². The molecule has 17 heavy (non-hydrogen) atoms. The highest BCUT2D eigenvalue weighted by molar-refractivity contribution is 6.30. The fraction of sp³-hybridized carbons (Fsp3) is 0.364. The van der Waals surface area contributed by atoms with Crippen molar-refractivity contribution in [3.8, 4) is 5.75 Å². The van der Waals surface area contributed by atoms with E-state index >= 15 is 0 Å². The number of aromatic hydroxyl groups is 1. The van der Waals surface area contributed by atoms with E-state index in [9.17, 15) is 9.90 Å². The zero-order valence-corrected chi connectivity index (χ0v) is 10.8. The lowest BCUT2D eigenvalue weighted by Crippen LogP contribution is -2.35. The summed E-state index contributed by atoms with van der Waals surface area (Å²) in [5.74, 6) is 0.177. The number of halogens is 2. The number of phenolic OH excluding ortho intramolecular Hbond substituents is 1. The lowest BCUT2D eigenvalue weighted by atomic mass is 10.00. The van der Waals surface area contributed by atoms with Crippen molar-refractivity contribution in [2.45, 2.75) is 19.4 Å². The molecule has 0 spiro atoms. The van der Waals surface area contributed by atoms with Crippen molar-refractivity contribution in [3.63, 3.8) is 0 Å². The fourth-order valence-corrected chi connectivity index (χ4v) is 2.07. The maximum atomic E-state index is 11.1. The molecule has 2 N–H and O–H groups in total. The molecule has 94 valence electrons. The largest absolute Gasteiger partial charge is 0.507 e. The minimum Gasteiger partial charge on any atom is -0.507 e. The smallest absolute Gasteiger partial charge is 0.407 e. The Bertz CT molecular complexity index is 437. The summed E-state index contributed by atoms with van der Waals surface area (Å²) in [5, 5.41) is 13.1. The van der Waals surface area contributed by atoms with Crippen LogP contribution in [0.2, 0.25) is 5.02 Å². The van der Waals surface area contributed by atoms with E-state index in [-0.39, 0.29) is 24.2 Å². The normalized spacial score (nSPS) is 18.9. The van der Waals surface area contributed by atoms with Crippen molar-refractivity contribution < 1.29 is 14.6 Å². The highest BCUT2D eigenvalue weighted by atomic mass is 35.5. The number of amides is 1. The monoisotopic (exact) mass is 277 g/mol. The molecule has 1 heterocycles. The molecular formula is C11H13Cl2NO3. The Labute approximate surface area is 110 Å². The van der Waals surface area contributed by atoms with Gasteiger partial charge in [-0.15, -0.1) is 12.4 Å². The van der Waals surface area contributed by atoms with Gasteiger partial charge in [-0.3, -0.25) is 0 Å². The molecule has 1 aromatic rings. The first-order valence-electron chi connectivity index (χ1n) is 5.00. The number of ether oxygens (including phenoxy) is 1. The van der Waals surface area contributed by atoms with Gasteiger partial charge in [-0.2, -0.15) is 0 Å². The molecule has 1 aromatic carbocycles. The summed E-state index contributed by atoms with van der Waals surface area (Å²) < 4.78 is 4.77. The number of hydrogen-bond acceptors (Lipinski definition) is 3. The molecule has 1 aliphatic rings. The summed E-state index contributed by atoms with van der Waals surface area (Å²) in [6, 6.07) is 3.11. The van der Waals surface area contributed by atoms with Gasteiger partial charge in [0.15, 0.2) is 0 Å². The summed E-state index contributed by atoms with van der Waals surface area (Å²) in [5.41, 5.74) is 1.34. The van der Waals surface area contributed by atoms with E-state index in [1.165, 1.54) is 0 Å². The number of aryl methyl sites for hydroxylation is 1. The molecule has 0 unspecified atom stereocenters. The molecule has 0 bridgehead atoms. The Morgan fingerprint density at radius 2 is 2.24 bits per heavy atom. The van der Waals surface area contributed by atoms with Gasteiger partial charge in [-0.05, 0) is 24.6 Å². The van der Waals surface area contributed by atoms with E-state index in [1.54, 1.807) is 19.1 Å². The molecule has 1 fully saturated rings. The molecule has 1 amide bonds. The molecule has 2 rings (SSSR count). The van der Waals surface area contributed by atoms with Crippen LogP contribution in [0.15, 0.2) is 12.1 Å². The summed E-state index contributed by atoms with van der Waals surface area (Å²) in [4.78, 5) is 11.1. The Morgan fingerprint density at radius 3 is 2.88 bits per heavy atom. The van der Waals surface area contributed by atoms with Gasteiger partial charge in [-0.25, -0.2) is 4.79 Å². The van der Waals surface area contributed by atoms with Crippen molar-refractivity contribution in [2.24, 2.45) is 0 Å². The van der Waals surface area contributed by atoms with E-state index in [0.717, 1.165) is 0 Å². The Balaban J connectivity index is 0.00000144. The maximum absolute atomic E-state index is 11.1. The van der Waals surface area contributed by atoms with Crippen LogP contribution in [0, 0.1) is 6.92 Å². The number of carbonyl (C=O) groups excluding carboxylic acids is 1. The number of cyclic esters (lactones) is 1. The molecule has 1 atom stereocenters. The highest BCUT2D eigenvalue weighted by Gasteiger charge is 2.24.